The summed E-state index contributed by atoms with van der Waals surface area (Å²) in [6.07, 6.45) is 6.95. The van der Waals surface area contributed by atoms with Crippen molar-refractivity contribution < 1.29 is 4.79 Å². The van der Waals surface area contributed by atoms with Crippen LogP contribution in [0.4, 0.5) is 5.69 Å². The lowest BCUT2D eigenvalue weighted by molar-refractivity contribution is -0.118. The highest BCUT2D eigenvalue weighted by atomic mass is 16.2. The molecule has 6 nitrogen and oxygen atoms in total. The van der Waals surface area contributed by atoms with Crippen LogP contribution in [-0.2, 0) is 11.3 Å². The second kappa shape index (κ2) is 6.26. The molecule has 2 heterocycles. The SMILES string of the molecule is CC(C(=O)Nc1ccc(Cn2cncn2)cc1)n1cccc1. The van der Waals surface area contributed by atoms with Crippen molar-refractivity contribution in [2.75, 3.05) is 5.32 Å². The number of anilines is 1. The van der Waals surface area contributed by atoms with Crippen molar-refractivity contribution in [3.63, 3.8) is 0 Å². The zero-order valence-electron chi connectivity index (χ0n) is 12.3. The molecule has 3 rings (SSSR count). The number of carbonyl (C=O) groups is 1. The summed E-state index contributed by atoms with van der Waals surface area (Å²) in [6.45, 7) is 2.53. The molecule has 1 unspecified atom stereocenters. The summed E-state index contributed by atoms with van der Waals surface area (Å²) in [4.78, 5) is 16.1. The van der Waals surface area contributed by atoms with Gasteiger partial charge in [0.1, 0.15) is 18.7 Å². The zero-order chi connectivity index (χ0) is 15.4. The average molecular weight is 295 g/mol. The van der Waals surface area contributed by atoms with Gasteiger partial charge in [-0.05, 0) is 36.8 Å². The molecular formula is C16H17N5O. The Labute approximate surface area is 128 Å². The highest BCUT2D eigenvalue weighted by Crippen LogP contribution is 2.14. The van der Waals surface area contributed by atoms with Gasteiger partial charge >= 0.3 is 0 Å². The molecule has 2 aromatic heterocycles. The highest BCUT2D eigenvalue weighted by Gasteiger charge is 2.13. The zero-order valence-corrected chi connectivity index (χ0v) is 12.3. The fourth-order valence-corrected chi connectivity index (χ4v) is 2.18. The van der Waals surface area contributed by atoms with Crippen LogP contribution in [0.15, 0.2) is 61.4 Å². The number of rotatable bonds is 5. The molecule has 1 amide bonds. The van der Waals surface area contributed by atoms with Crippen LogP contribution >= 0.6 is 0 Å². The van der Waals surface area contributed by atoms with Crippen LogP contribution in [0, 0.1) is 0 Å². The fourth-order valence-electron chi connectivity index (χ4n) is 2.18. The van der Waals surface area contributed by atoms with Gasteiger partial charge in [-0.15, -0.1) is 0 Å². The van der Waals surface area contributed by atoms with Crippen LogP contribution in [0.1, 0.15) is 18.5 Å². The largest absolute Gasteiger partial charge is 0.342 e. The second-order valence-corrected chi connectivity index (χ2v) is 5.09. The Balaban J connectivity index is 1.62. The van der Waals surface area contributed by atoms with Gasteiger partial charge in [0.2, 0.25) is 5.91 Å². The Morgan fingerprint density at radius 1 is 1.23 bits per heavy atom. The molecule has 6 heteroatoms. The number of hydrogen-bond acceptors (Lipinski definition) is 3. The first-order valence-corrected chi connectivity index (χ1v) is 7.07. The molecule has 1 aromatic carbocycles. The van der Waals surface area contributed by atoms with Crippen molar-refractivity contribution in [1.29, 1.82) is 0 Å². The van der Waals surface area contributed by atoms with E-state index in [2.05, 4.69) is 15.4 Å². The molecule has 112 valence electrons. The lowest BCUT2D eigenvalue weighted by atomic mass is 10.2. The van der Waals surface area contributed by atoms with Crippen molar-refractivity contribution in [2.24, 2.45) is 0 Å². The van der Waals surface area contributed by atoms with Crippen LogP contribution in [0.3, 0.4) is 0 Å². The monoisotopic (exact) mass is 295 g/mol. The lowest BCUT2D eigenvalue weighted by Crippen LogP contribution is -2.22. The van der Waals surface area contributed by atoms with Gasteiger partial charge in [-0.1, -0.05) is 12.1 Å². The summed E-state index contributed by atoms with van der Waals surface area (Å²) in [5.41, 5.74) is 1.88. The molecule has 0 aliphatic heterocycles. The molecule has 0 saturated heterocycles. The smallest absolute Gasteiger partial charge is 0.247 e. The maximum Gasteiger partial charge on any atom is 0.247 e. The number of aromatic nitrogens is 4. The molecule has 0 aliphatic carbocycles. The maximum atomic E-state index is 12.2. The van der Waals surface area contributed by atoms with E-state index in [0.717, 1.165) is 11.3 Å². The van der Waals surface area contributed by atoms with Gasteiger partial charge in [-0.25, -0.2) is 9.67 Å². The third-order valence-corrected chi connectivity index (χ3v) is 3.49. The minimum atomic E-state index is -0.246. The second-order valence-electron chi connectivity index (χ2n) is 5.09. The van der Waals surface area contributed by atoms with Crippen LogP contribution in [-0.4, -0.2) is 25.2 Å². The summed E-state index contributed by atoms with van der Waals surface area (Å²) in [6, 6.07) is 11.3. The van der Waals surface area contributed by atoms with E-state index in [1.165, 1.54) is 6.33 Å². The number of hydrogen-bond donors (Lipinski definition) is 1. The minimum absolute atomic E-state index is 0.0415. The third kappa shape index (κ3) is 3.22. The van der Waals surface area contributed by atoms with E-state index in [4.69, 9.17) is 0 Å². The van der Waals surface area contributed by atoms with Gasteiger partial charge in [-0.3, -0.25) is 4.79 Å². The van der Waals surface area contributed by atoms with E-state index in [1.54, 1.807) is 11.0 Å². The third-order valence-electron chi connectivity index (χ3n) is 3.49. The predicted octanol–water partition coefficient (Wildman–Crippen LogP) is 2.33. The molecule has 22 heavy (non-hydrogen) atoms. The van der Waals surface area contributed by atoms with Crippen molar-refractivity contribution in [1.82, 2.24) is 19.3 Å². The first-order chi connectivity index (χ1) is 10.7. The van der Waals surface area contributed by atoms with Crippen LogP contribution in [0.2, 0.25) is 0 Å². The summed E-state index contributed by atoms with van der Waals surface area (Å²) in [5.74, 6) is -0.0415. The van der Waals surface area contributed by atoms with E-state index in [-0.39, 0.29) is 11.9 Å². The maximum absolute atomic E-state index is 12.2. The topological polar surface area (TPSA) is 64.7 Å². The lowest BCUT2D eigenvalue weighted by Gasteiger charge is -2.14. The molecule has 0 bridgehead atoms. The number of amides is 1. The van der Waals surface area contributed by atoms with E-state index >= 15 is 0 Å². The molecule has 0 fully saturated rings. The Morgan fingerprint density at radius 2 is 1.95 bits per heavy atom. The van der Waals surface area contributed by atoms with E-state index in [1.807, 2.05) is 60.3 Å². The van der Waals surface area contributed by atoms with Crippen molar-refractivity contribution >= 4 is 11.6 Å². The summed E-state index contributed by atoms with van der Waals surface area (Å²) in [7, 11) is 0. The van der Waals surface area contributed by atoms with Gasteiger partial charge in [0.15, 0.2) is 0 Å². The van der Waals surface area contributed by atoms with E-state index in [0.29, 0.717) is 6.54 Å². The van der Waals surface area contributed by atoms with Gasteiger partial charge in [-0.2, -0.15) is 5.10 Å². The van der Waals surface area contributed by atoms with Crippen LogP contribution < -0.4 is 5.32 Å². The van der Waals surface area contributed by atoms with Gasteiger partial charge < -0.3 is 9.88 Å². The highest BCUT2D eigenvalue weighted by molar-refractivity contribution is 5.93. The van der Waals surface area contributed by atoms with Crippen molar-refractivity contribution in [3.05, 3.63) is 67.0 Å². The van der Waals surface area contributed by atoms with Crippen LogP contribution in [0.5, 0.6) is 0 Å². The van der Waals surface area contributed by atoms with Crippen molar-refractivity contribution in [3.8, 4) is 0 Å². The summed E-state index contributed by atoms with van der Waals surface area (Å²) < 4.78 is 3.62. The number of nitrogens with one attached hydrogen (secondary N) is 1. The molecule has 1 N–H and O–H groups in total. The summed E-state index contributed by atoms with van der Waals surface area (Å²) in [5, 5.41) is 6.99. The molecule has 0 spiro atoms. The Bertz CT molecular complexity index is 717. The van der Waals surface area contributed by atoms with E-state index in [9.17, 15) is 4.79 Å². The van der Waals surface area contributed by atoms with E-state index < -0.39 is 0 Å². The van der Waals surface area contributed by atoms with Gasteiger partial charge in [0.05, 0.1) is 6.54 Å². The normalized spacial score (nSPS) is 12.0. The average Bonchev–Trinajstić information content (AvgIpc) is 3.21. The van der Waals surface area contributed by atoms with Gasteiger partial charge in [0, 0.05) is 18.1 Å². The quantitative estimate of drug-likeness (QED) is 0.785. The number of nitrogens with zero attached hydrogens (tertiary/aromatic N) is 4. The molecule has 3 aromatic rings. The predicted molar refractivity (Wildman–Crippen MR) is 83.3 cm³/mol. The Kier molecular flexibility index (Phi) is 4.00. The Hall–Kier alpha value is -2.89. The minimum Gasteiger partial charge on any atom is -0.342 e. The first-order valence-electron chi connectivity index (χ1n) is 7.07. The standard InChI is InChI=1S/C16H17N5O/c1-13(20-8-2-3-9-20)16(22)19-15-6-4-14(5-7-15)10-21-12-17-11-18-21/h2-9,11-13H,10H2,1H3,(H,19,22). The molecule has 0 radical (unpaired) electrons. The number of carbonyl (C=O) groups excluding carboxylic acids is 1. The fraction of sp³-hybridized carbons (Fsp3) is 0.188. The van der Waals surface area contributed by atoms with Crippen LogP contribution in [0.25, 0.3) is 0 Å². The molecular weight excluding hydrogens is 278 g/mol. The molecule has 1 atom stereocenters. The van der Waals surface area contributed by atoms with Crippen molar-refractivity contribution in [2.45, 2.75) is 19.5 Å². The molecule has 0 saturated carbocycles. The summed E-state index contributed by atoms with van der Waals surface area (Å²) >= 11 is 0. The van der Waals surface area contributed by atoms with Gasteiger partial charge in [0.25, 0.3) is 0 Å². The molecule has 0 aliphatic rings. The Morgan fingerprint density at radius 3 is 2.59 bits per heavy atom. The first kappa shape index (κ1) is 14.1. The number of benzene rings is 1.